The number of benzene rings is 2. The Morgan fingerprint density at radius 1 is 1.10 bits per heavy atom. The van der Waals surface area contributed by atoms with Crippen LogP contribution in [-0.4, -0.2) is 31.2 Å². The number of nitrogens with one attached hydrogen (secondary N) is 1. The minimum absolute atomic E-state index is 0.0748. The van der Waals surface area contributed by atoms with Crippen molar-refractivity contribution in [3.8, 4) is 0 Å². The summed E-state index contributed by atoms with van der Waals surface area (Å²) < 4.78 is 0. The molecule has 0 aromatic heterocycles. The van der Waals surface area contributed by atoms with Gasteiger partial charge in [0.1, 0.15) is 5.66 Å². The van der Waals surface area contributed by atoms with Crippen molar-refractivity contribution in [2.24, 2.45) is 0 Å². The minimum atomic E-state index is -0.544. The highest BCUT2D eigenvalue weighted by atomic mass is 16.2. The summed E-state index contributed by atoms with van der Waals surface area (Å²) in [5.41, 5.74) is 5.29. The Morgan fingerprint density at radius 3 is 2.45 bits per heavy atom. The molecule has 0 saturated carbocycles. The fraction of sp³-hybridized carbons (Fsp3) is 0.400. The van der Waals surface area contributed by atoms with Crippen molar-refractivity contribution < 1.29 is 4.79 Å². The van der Waals surface area contributed by atoms with E-state index in [1.807, 2.05) is 0 Å². The molecule has 4 heteroatoms. The van der Waals surface area contributed by atoms with Gasteiger partial charge in [0.05, 0.1) is 6.54 Å². The molecule has 0 unspecified atom stereocenters. The standard InChI is InChI=1S/C25H31N3O/c1-6-27(7-2)20-11-9-19(10-12-20)14-15-25-24(4,5)21-16-18(3)8-13-22(21)28(25)17-23(29)26-25/h8-16H,6-7,17H2,1-5H3,(H,26,29)/t25-/m0/s1. The minimum Gasteiger partial charge on any atom is -0.372 e. The Morgan fingerprint density at radius 2 is 1.79 bits per heavy atom. The summed E-state index contributed by atoms with van der Waals surface area (Å²) in [7, 11) is 0. The maximum absolute atomic E-state index is 12.4. The zero-order chi connectivity index (χ0) is 20.8. The number of carbonyl (C=O) groups is 1. The van der Waals surface area contributed by atoms with Crippen molar-refractivity contribution in [2.75, 3.05) is 29.4 Å². The fourth-order valence-electron chi connectivity index (χ4n) is 4.89. The maximum atomic E-state index is 12.4. The Kier molecular flexibility index (Phi) is 4.68. The summed E-state index contributed by atoms with van der Waals surface area (Å²) in [5.74, 6) is 0.0748. The normalized spacial score (nSPS) is 22.0. The van der Waals surface area contributed by atoms with E-state index in [1.165, 1.54) is 16.8 Å². The van der Waals surface area contributed by atoms with Gasteiger partial charge in [-0.05, 0) is 56.2 Å². The molecule has 0 aliphatic carbocycles. The summed E-state index contributed by atoms with van der Waals surface area (Å²) in [5, 5.41) is 3.30. The highest BCUT2D eigenvalue weighted by molar-refractivity contribution is 5.91. The average molecular weight is 390 g/mol. The van der Waals surface area contributed by atoms with Gasteiger partial charge in [0.2, 0.25) is 5.91 Å². The monoisotopic (exact) mass is 389 g/mol. The molecule has 1 atom stereocenters. The summed E-state index contributed by atoms with van der Waals surface area (Å²) >= 11 is 0. The third kappa shape index (κ3) is 2.93. The summed E-state index contributed by atoms with van der Waals surface area (Å²) in [6.07, 6.45) is 4.32. The van der Waals surface area contributed by atoms with E-state index in [-0.39, 0.29) is 11.3 Å². The molecule has 1 saturated heterocycles. The highest BCUT2D eigenvalue weighted by Gasteiger charge is 2.59. The van der Waals surface area contributed by atoms with Crippen LogP contribution in [0.5, 0.6) is 0 Å². The summed E-state index contributed by atoms with van der Waals surface area (Å²) in [4.78, 5) is 17.0. The molecular formula is C25H31N3O. The van der Waals surface area contributed by atoms with E-state index in [0.717, 1.165) is 24.3 Å². The van der Waals surface area contributed by atoms with Gasteiger partial charge in [0.15, 0.2) is 0 Å². The number of hydrogen-bond acceptors (Lipinski definition) is 3. The number of aryl methyl sites for hydroxylation is 1. The number of anilines is 2. The van der Waals surface area contributed by atoms with Crippen molar-refractivity contribution in [1.29, 1.82) is 0 Å². The topological polar surface area (TPSA) is 35.6 Å². The van der Waals surface area contributed by atoms with Crippen molar-refractivity contribution >= 4 is 23.4 Å². The average Bonchev–Trinajstić information content (AvgIpc) is 3.13. The predicted molar refractivity (Wildman–Crippen MR) is 121 cm³/mol. The molecule has 0 spiro atoms. The first-order chi connectivity index (χ1) is 13.8. The number of nitrogens with zero attached hydrogens (tertiary/aromatic N) is 2. The van der Waals surface area contributed by atoms with E-state index in [1.54, 1.807) is 0 Å². The number of rotatable bonds is 5. The molecule has 0 bridgehead atoms. The van der Waals surface area contributed by atoms with Gasteiger partial charge in [-0.1, -0.05) is 49.8 Å². The van der Waals surface area contributed by atoms with E-state index in [9.17, 15) is 4.79 Å². The van der Waals surface area contributed by atoms with Gasteiger partial charge in [-0.3, -0.25) is 4.79 Å². The molecule has 152 valence electrons. The Hall–Kier alpha value is -2.75. The molecule has 1 amide bonds. The van der Waals surface area contributed by atoms with Crippen molar-refractivity contribution in [1.82, 2.24) is 5.32 Å². The van der Waals surface area contributed by atoms with Crippen LogP contribution in [0.1, 0.15) is 44.4 Å². The third-order valence-electron chi connectivity index (χ3n) is 6.67. The van der Waals surface area contributed by atoms with E-state index in [2.05, 4.69) is 104 Å². The van der Waals surface area contributed by atoms with Crippen LogP contribution in [0.25, 0.3) is 6.08 Å². The molecule has 29 heavy (non-hydrogen) atoms. The van der Waals surface area contributed by atoms with Crippen LogP contribution in [0.2, 0.25) is 0 Å². The van der Waals surface area contributed by atoms with Crippen LogP contribution in [0.15, 0.2) is 48.5 Å². The lowest BCUT2D eigenvalue weighted by atomic mass is 9.75. The molecule has 2 heterocycles. The lowest BCUT2D eigenvalue weighted by molar-refractivity contribution is -0.118. The largest absolute Gasteiger partial charge is 0.372 e. The number of carbonyl (C=O) groups excluding carboxylic acids is 1. The molecular weight excluding hydrogens is 358 g/mol. The molecule has 2 aliphatic heterocycles. The molecule has 1 N–H and O–H groups in total. The van der Waals surface area contributed by atoms with E-state index < -0.39 is 5.66 Å². The lowest BCUT2D eigenvalue weighted by Gasteiger charge is -2.40. The fourth-order valence-corrected chi connectivity index (χ4v) is 4.89. The first-order valence-electron chi connectivity index (χ1n) is 10.6. The van der Waals surface area contributed by atoms with Crippen LogP contribution in [0.3, 0.4) is 0 Å². The first-order valence-corrected chi connectivity index (χ1v) is 10.6. The highest BCUT2D eigenvalue weighted by Crippen LogP contribution is 2.53. The second-order valence-electron chi connectivity index (χ2n) is 8.64. The van der Waals surface area contributed by atoms with E-state index in [4.69, 9.17) is 0 Å². The molecule has 1 fully saturated rings. The van der Waals surface area contributed by atoms with Gasteiger partial charge < -0.3 is 15.1 Å². The van der Waals surface area contributed by atoms with Crippen LogP contribution in [-0.2, 0) is 10.2 Å². The summed E-state index contributed by atoms with van der Waals surface area (Å²) in [6, 6.07) is 15.2. The second-order valence-corrected chi connectivity index (χ2v) is 8.64. The van der Waals surface area contributed by atoms with Gasteiger partial charge in [0.25, 0.3) is 0 Å². The zero-order valence-electron chi connectivity index (χ0n) is 18.1. The predicted octanol–water partition coefficient (Wildman–Crippen LogP) is 4.48. The molecule has 4 rings (SSSR count). The number of amides is 1. The van der Waals surface area contributed by atoms with Crippen molar-refractivity contribution in [3.05, 3.63) is 65.2 Å². The van der Waals surface area contributed by atoms with Crippen molar-refractivity contribution in [3.63, 3.8) is 0 Å². The maximum Gasteiger partial charge on any atom is 0.241 e. The van der Waals surface area contributed by atoms with Gasteiger partial charge in [0, 0.05) is 29.9 Å². The zero-order valence-corrected chi connectivity index (χ0v) is 18.1. The van der Waals surface area contributed by atoms with Crippen LogP contribution in [0.4, 0.5) is 11.4 Å². The summed E-state index contributed by atoms with van der Waals surface area (Å²) in [6.45, 7) is 13.3. The van der Waals surface area contributed by atoms with Gasteiger partial charge in [-0.2, -0.15) is 0 Å². The molecule has 2 aromatic carbocycles. The van der Waals surface area contributed by atoms with Crippen LogP contribution < -0.4 is 15.1 Å². The molecule has 2 aromatic rings. The van der Waals surface area contributed by atoms with Gasteiger partial charge in [-0.15, -0.1) is 0 Å². The molecule has 2 aliphatic rings. The first kappa shape index (κ1) is 19.6. The second kappa shape index (κ2) is 6.94. The van der Waals surface area contributed by atoms with E-state index in [0.29, 0.717) is 6.54 Å². The van der Waals surface area contributed by atoms with Crippen LogP contribution >= 0.6 is 0 Å². The smallest absolute Gasteiger partial charge is 0.241 e. The number of fused-ring (bicyclic) bond motifs is 3. The van der Waals surface area contributed by atoms with Gasteiger partial charge in [-0.25, -0.2) is 0 Å². The Labute approximate surface area is 174 Å². The van der Waals surface area contributed by atoms with E-state index >= 15 is 0 Å². The van der Waals surface area contributed by atoms with Gasteiger partial charge >= 0.3 is 0 Å². The molecule has 0 radical (unpaired) electrons. The SMILES string of the molecule is CCN(CC)c1ccc(C=C[C@]23NC(=O)CN2c2ccc(C)cc2C3(C)C)cc1. The Balaban J connectivity index is 1.70. The quantitative estimate of drug-likeness (QED) is 0.819. The van der Waals surface area contributed by atoms with Crippen LogP contribution in [0, 0.1) is 6.92 Å². The molecule has 4 nitrogen and oxygen atoms in total. The Bertz CT molecular complexity index is 957. The third-order valence-corrected chi connectivity index (χ3v) is 6.67. The lowest BCUT2D eigenvalue weighted by Crippen LogP contribution is -2.58. The number of hydrogen-bond donors (Lipinski definition) is 1. The van der Waals surface area contributed by atoms with Crippen molar-refractivity contribution in [2.45, 2.75) is 45.7 Å².